The molecule has 1 N–H and O–H groups in total. The summed E-state index contributed by atoms with van der Waals surface area (Å²) in [6, 6.07) is 3.93. The van der Waals surface area contributed by atoms with E-state index in [9.17, 15) is 14.7 Å². The molecule has 2 aliphatic carbocycles. The molecule has 0 saturated heterocycles. The van der Waals surface area contributed by atoms with Gasteiger partial charge in [0, 0.05) is 6.42 Å². The Bertz CT molecular complexity index is 736. The number of aromatic hydroxyl groups is 1. The number of phenolic OH excluding ortho intramolecular Hbond substituents is 1. The lowest BCUT2D eigenvalue weighted by Gasteiger charge is -2.53. The number of hydrogen-bond donors (Lipinski definition) is 1. The lowest BCUT2D eigenvalue weighted by molar-refractivity contribution is -0.160. The number of fused-ring (bicyclic) bond motifs is 3. The van der Waals surface area contributed by atoms with Crippen molar-refractivity contribution >= 4 is 11.8 Å². The minimum Gasteiger partial charge on any atom is -0.507 e. The van der Waals surface area contributed by atoms with E-state index in [0.717, 1.165) is 30.4 Å². The Morgan fingerprint density at radius 3 is 2.56 bits per heavy atom. The molecular weight excluding hydrogens is 316 g/mol. The minimum absolute atomic E-state index is 0.0606. The van der Waals surface area contributed by atoms with E-state index in [1.807, 2.05) is 32.9 Å². The van der Waals surface area contributed by atoms with Crippen molar-refractivity contribution in [2.75, 3.05) is 7.11 Å². The number of rotatable bonds is 2. The summed E-state index contributed by atoms with van der Waals surface area (Å²) in [6.45, 7) is 8.09. The number of methoxy groups -OCH3 is 1. The van der Waals surface area contributed by atoms with Gasteiger partial charge in [0.05, 0.1) is 18.1 Å². The fraction of sp³-hybridized carbons (Fsp3) is 0.619. The molecule has 1 aromatic carbocycles. The SMILES string of the molecule is COC(=O)[C@]1(C)CCC[C@]2(C)c3ccc(C(C)C)c(O)c3C(=O)C[C@@H]12. The van der Waals surface area contributed by atoms with Crippen LogP contribution in [0, 0.1) is 11.3 Å². The monoisotopic (exact) mass is 344 g/mol. The number of benzene rings is 1. The average molecular weight is 344 g/mol. The van der Waals surface area contributed by atoms with E-state index < -0.39 is 5.41 Å². The first-order valence-electron chi connectivity index (χ1n) is 9.14. The van der Waals surface area contributed by atoms with Crippen LogP contribution in [0.15, 0.2) is 12.1 Å². The normalized spacial score (nSPS) is 31.4. The van der Waals surface area contributed by atoms with Gasteiger partial charge in [0.15, 0.2) is 5.78 Å². The zero-order chi connectivity index (χ0) is 18.6. The summed E-state index contributed by atoms with van der Waals surface area (Å²) in [6.07, 6.45) is 2.83. The van der Waals surface area contributed by atoms with Crippen LogP contribution >= 0.6 is 0 Å². The van der Waals surface area contributed by atoms with Gasteiger partial charge in [-0.2, -0.15) is 0 Å². The Labute approximate surface area is 149 Å². The summed E-state index contributed by atoms with van der Waals surface area (Å²) in [5.74, 6) is -0.124. The lowest BCUT2D eigenvalue weighted by atomic mass is 9.49. The lowest BCUT2D eigenvalue weighted by Crippen LogP contribution is -2.53. The third-order valence-corrected chi connectivity index (χ3v) is 6.70. The zero-order valence-corrected chi connectivity index (χ0v) is 15.8. The average Bonchev–Trinajstić information content (AvgIpc) is 2.56. The highest BCUT2D eigenvalue weighted by atomic mass is 16.5. The van der Waals surface area contributed by atoms with Crippen molar-refractivity contribution < 1.29 is 19.4 Å². The second-order valence-corrected chi connectivity index (χ2v) is 8.44. The molecule has 136 valence electrons. The number of hydrogen-bond acceptors (Lipinski definition) is 4. The standard InChI is InChI=1S/C21H28O4/c1-12(2)13-7-8-14-17(18(13)23)15(22)11-16-20(14,3)9-6-10-21(16,4)19(24)25-5/h7-8,12,16,23H,6,9-11H2,1-5H3/t16-,20-,21-/m1/s1. The topological polar surface area (TPSA) is 63.6 Å². The zero-order valence-electron chi connectivity index (χ0n) is 15.8. The highest BCUT2D eigenvalue weighted by Crippen LogP contribution is 2.58. The molecule has 1 fully saturated rings. The largest absolute Gasteiger partial charge is 0.507 e. The molecule has 0 radical (unpaired) electrons. The molecule has 0 heterocycles. The molecule has 1 aromatic rings. The van der Waals surface area contributed by atoms with Gasteiger partial charge in [-0.15, -0.1) is 0 Å². The van der Waals surface area contributed by atoms with Crippen LogP contribution < -0.4 is 0 Å². The van der Waals surface area contributed by atoms with E-state index in [1.165, 1.54) is 7.11 Å². The van der Waals surface area contributed by atoms with Gasteiger partial charge in [0.25, 0.3) is 0 Å². The molecule has 4 nitrogen and oxygen atoms in total. The number of carbonyl (C=O) groups is 2. The number of ether oxygens (including phenoxy) is 1. The second-order valence-electron chi connectivity index (χ2n) is 8.44. The maximum absolute atomic E-state index is 13.0. The first-order valence-corrected chi connectivity index (χ1v) is 9.14. The molecule has 4 heteroatoms. The molecule has 1 saturated carbocycles. The van der Waals surface area contributed by atoms with E-state index in [0.29, 0.717) is 5.56 Å². The van der Waals surface area contributed by atoms with Gasteiger partial charge in [0.2, 0.25) is 0 Å². The molecule has 25 heavy (non-hydrogen) atoms. The first-order chi connectivity index (χ1) is 11.7. The Morgan fingerprint density at radius 2 is 1.96 bits per heavy atom. The van der Waals surface area contributed by atoms with E-state index in [-0.39, 0.29) is 41.2 Å². The highest BCUT2D eigenvalue weighted by Gasteiger charge is 2.57. The molecule has 0 unspecified atom stereocenters. The summed E-state index contributed by atoms with van der Waals surface area (Å²) >= 11 is 0. The number of carbonyl (C=O) groups excluding carboxylic acids is 2. The molecular formula is C21H28O4. The van der Waals surface area contributed by atoms with Crippen LogP contribution in [-0.4, -0.2) is 24.0 Å². The summed E-state index contributed by atoms with van der Waals surface area (Å²) in [7, 11) is 1.42. The first kappa shape index (κ1) is 18.0. The van der Waals surface area contributed by atoms with Gasteiger partial charge >= 0.3 is 5.97 Å². The smallest absolute Gasteiger partial charge is 0.311 e. The van der Waals surface area contributed by atoms with Crippen molar-refractivity contribution in [3.05, 3.63) is 28.8 Å². The number of ketones is 1. The van der Waals surface area contributed by atoms with E-state index in [1.54, 1.807) is 0 Å². The predicted octanol–water partition coefficient (Wildman–Crippen LogP) is 4.34. The summed E-state index contributed by atoms with van der Waals surface area (Å²) < 4.78 is 5.08. The molecule has 3 rings (SSSR count). The van der Waals surface area contributed by atoms with Crippen molar-refractivity contribution in [2.45, 2.75) is 64.7 Å². The summed E-state index contributed by atoms with van der Waals surface area (Å²) in [5.41, 5.74) is 1.20. The molecule has 0 spiro atoms. The molecule has 0 aromatic heterocycles. The van der Waals surface area contributed by atoms with Gasteiger partial charge in [0.1, 0.15) is 5.75 Å². The van der Waals surface area contributed by atoms with E-state index >= 15 is 0 Å². The Morgan fingerprint density at radius 1 is 1.28 bits per heavy atom. The van der Waals surface area contributed by atoms with Crippen LogP contribution in [0.4, 0.5) is 0 Å². The van der Waals surface area contributed by atoms with Gasteiger partial charge < -0.3 is 9.84 Å². The summed E-state index contributed by atoms with van der Waals surface area (Å²) in [4.78, 5) is 25.5. The van der Waals surface area contributed by atoms with Crippen LogP contribution in [-0.2, 0) is 14.9 Å². The van der Waals surface area contributed by atoms with E-state index in [4.69, 9.17) is 4.74 Å². The Balaban J connectivity index is 2.20. The second kappa shape index (κ2) is 5.86. The minimum atomic E-state index is -0.665. The predicted molar refractivity (Wildman–Crippen MR) is 96.0 cm³/mol. The molecule has 0 amide bonds. The van der Waals surface area contributed by atoms with Crippen molar-refractivity contribution in [3.8, 4) is 5.75 Å². The van der Waals surface area contributed by atoms with Crippen LogP contribution in [0.1, 0.15) is 80.8 Å². The molecule has 3 atom stereocenters. The van der Waals surface area contributed by atoms with Gasteiger partial charge in [-0.3, -0.25) is 9.59 Å². The van der Waals surface area contributed by atoms with Crippen molar-refractivity contribution in [2.24, 2.45) is 11.3 Å². The van der Waals surface area contributed by atoms with Gasteiger partial charge in [-0.25, -0.2) is 0 Å². The van der Waals surface area contributed by atoms with Crippen LogP contribution in [0.2, 0.25) is 0 Å². The van der Waals surface area contributed by atoms with Crippen LogP contribution in [0.5, 0.6) is 5.75 Å². The molecule has 0 aliphatic heterocycles. The Hall–Kier alpha value is -1.84. The third kappa shape index (κ3) is 2.41. The molecule has 2 aliphatic rings. The summed E-state index contributed by atoms with van der Waals surface area (Å²) in [5, 5.41) is 10.8. The van der Waals surface area contributed by atoms with Crippen LogP contribution in [0.3, 0.4) is 0 Å². The van der Waals surface area contributed by atoms with Crippen molar-refractivity contribution in [1.29, 1.82) is 0 Å². The van der Waals surface area contributed by atoms with Crippen molar-refractivity contribution in [3.63, 3.8) is 0 Å². The Kier molecular flexibility index (Phi) is 4.21. The highest BCUT2D eigenvalue weighted by molar-refractivity contribution is 6.03. The fourth-order valence-corrected chi connectivity index (χ4v) is 5.24. The van der Waals surface area contributed by atoms with Crippen molar-refractivity contribution in [1.82, 2.24) is 0 Å². The maximum Gasteiger partial charge on any atom is 0.311 e. The number of Topliss-reactive ketones (excluding diaryl/α,β-unsaturated/α-hetero) is 1. The third-order valence-electron chi connectivity index (χ3n) is 6.70. The number of esters is 1. The maximum atomic E-state index is 13.0. The van der Waals surface area contributed by atoms with Gasteiger partial charge in [-0.05, 0) is 48.1 Å². The quantitative estimate of drug-likeness (QED) is 0.811. The van der Waals surface area contributed by atoms with E-state index in [2.05, 4.69) is 6.92 Å². The molecule has 0 bridgehead atoms. The van der Waals surface area contributed by atoms with Crippen LogP contribution in [0.25, 0.3) is 0 Å². The fourth-order valence-electron chi connectivity index (χ4n) is 5.24. The van der Waals surface area contributed by atoms with Gasteiger partial charge in [-0.1, -0.05) is 39.3 Å². The number of phenols is 1.